The number of fused-ring (bicyclic) bond motifs is 1. The Kier molecular flexibility index (Phi) is 6.58. The maximum Gasteiger partial charge on any atom is 0.251 e. The molecule has 2 aromatic rings. The number of carbonyl (C=O) groups excluding carboxylic acids is 2. The molecular weight excluding hydrogens is 435 g/mol. The van der Waals surface area contributed by atoms with Crippen molar-refractivity contribution in [2.45, 2.75) is 50.6 Å². The molecule has 4 nitrogen and oxygen atoms in total. The van der Waals surface area contributed by atoms with Crippen LogP contribution >= 0.6 is 23.4 Å². The van der Waals surface area contributed by atoms with Crippen molar-refractivity contribution in [3.05, 3.63) is 58.4 Å². The summed E-state index contributed by atoms with van der Waals surface area (Å²) in [5, 5.41) is 3.48. The lowest BCUT2D eigenvalue weighted by Crippen LogP contribution is -2.43. The highest BCUT2D eigenvalue weighted by Gasteiger charge is 2.30. The van der Waals surface area contributed by atoms with Crippen molar-refractivity contribution in [2.24, 2.45) is 11.8 Å². The minimum absolute atomic E-state index is 0.0647. The van der Waals surface area contributed by atoms with E-state index in [0.717, 1.165) is 17.7 Å². The van der Waals surface area contributed by atoms with E-state index in [1.807, 2.05) is 12.1 Å². The predicted molar refractivity (Wildman–Crippen MR) is 123 cm³/mol. The molecule has 1 aliphatic heterocycles. The van der Waals surface area contributed by atoms with E-state index in [2.05, 4.69) is 19.2 Å². The van der Waals surface area contributed by atoms with Crippen molar-refractivity contribution in [3.63, 3.8) is 0 Å². The molecule has 0 bridgehead atoms. The number of nitrogens with zero attached hydrogens (tertiary/aromatic N) is 1. The number of rotatable bonds is 4. The zero-order valence-corrected chi connectivity index (χ0v) is 19.2. The van der Waals surface area contributed by atoms with Crippen molar-refractivity contribution < 1.29 is 14.0 Å². The predicted octanol–water partition coefficient (Wildman–Crippen LogP) is 5.67. The highest BCUT2D eigenvalue weighted by atomic mass is 35.5. The van der Waals surface area contributed by atoms with Crippen LogP contribution in [0.3, 0.4) is 0 Å². The fourth-order valence-electron chi connectivity index (χ4n) is 4.37. The van der Waals surface area contributed by atoms with Gasteiger partial charge in [-0.05, 0) is 54.2 Å². The molecule has 1 saturated carbocycles. The Bertz CT molecular complexity index is 1020. The largest absolute Gasteiger partial charge is 0.349 e. The van der Waals surface area contributed by atoms with Crippen LogP contribution in [0.4, 0.5) is 10.1 Å². The van der Waals surface area contributed by atoms with Gasteiger partial charge in [-0.3, -0.25) is 9.59 Å². The lowest BCUT2D eigenvalue weighted by molar-refractivity contribution is -0.116. The third-order valence-corrected chi connectivity index (χ3v) is 7.93. The molecule has 1 fully saturated rings. The normalized spacial score (nSPS) is 23.4. The first-order valence-corrected chi connectivity index (χ1v) is 12.0. The third kappa shape index (κ3) is 4.75. The number of nitrogens with one attached hydrogen (secondary N) is 1. The van der Waals surface area contributed by atoms with E-state index in [1.165, 1.54) is 30.3 Å². The minimum atomic E-state index is -0.417. The van der Waals surface area contributed by atoms with E-state index < -0.39 is 5.82 Å². The molecule has 2 amide bonds. The molecule has 7 heteroatoms. The molecule has 0 unspecified atom stereocenters. The smallest absolute Gasteiger partial charge is 0.251 e. The van der Waals surface area contributed by atoms with Gasteiger partial charge in [0.05, 0.1) is 18.0 Å². The molecule has 1 aliphatic carbocycles. The van der Waals surface area contributed by atoms with Crippen LogP contribution in [0.25, 0.3) is 0 Å². The molecule has 2 aliphatic rings. The second kappa shape index (κ2) is 9.21. The molecule has 164 valence electrons. The number of benzene rings is 2. The van der Waals surface area contributed by atoms with E-state index in [1.54, 1.807) is 17.0 Å². The number of carbonyl (C=O) groups is 2. The molecule has 0 saturated heterocycles. The van der Waals surface area contributed by atoms with Gasteiger partial charge in [0, 0.05) is 21.5 Å². The molecule has 2 aromatic carbocycles. The maximum atomic E-state index is 13.4. The van der Waals surface area contributed by atoms with E-state index in [4.69, 9.17) is 11.6 Å². The summed E-state index contributed by atoms with van der Waals surface area (Å²) in [4.78, 5) is 28.3. The van der Waals surface area contributed by atoms with Crippen molar-refractivity contribution in [2.75, 3.05) is 10.7 Å². The highest BCUT2D eigenvalue weighted by Crippen LogP contribution is 2.38. The van der Waals surface area contributed by atoms with Crippen LogP contribution in [0.15, 0.2) is 41.3 Å². The van der Waals surface area contributed by atoms with E-state index in [0.29, 0.717) is 34.4 Å². The second-order valence-electron chi connectivity index (χ2n) is 8.53. The molecule has 1 heterocycles. The summed E-state index contributed by atoms with van der Waals surface area (Å²) in [6, 6.07) is 9.83. The fraction of sp³-hybridized carbons (Fsp3) is 0.417. The monoisotopic (exact) mass is 460 g/mol. The quantitative estimate of drug-likeness (QED) is 0.639. The SMILES string of the molecule is C[C@@H]1[C@H](C)CCC[C@@H]1NC(=O)c1ccc2c(c1)N(Cc1ccc(F)cc1Cl)C(=O)CS2. The zero-order chi connectivity index (χ0) is 22.1. The Morgan fingerprint density at radius 1 is 1.23 bits per heavy atom. The number of halogens is 2. The van der Waals surface area contributed by atoms with Crippen LogP contribution in [0, 0.1) is 17.7 Å². The highest BCUT2D eigenvalue weighted by molar-refractivity contribution is 8.00. The van der Waals surface area contributed by atoms with Crippen molar-refractivity contribution >= 4 is 40.9 Å². The molecule has 3 atom stereocenters. The van der Waals surface area contributed by atoms with Crippen LogP contribution < -0.4 is 10.2 Å². The Hall–Kier alpha value is -2.05. The van der Waals surface area contributed by atoms with Crippen molar-refractivity contribution in [1.29, 1.82) is 0 Å². The van der Waals surface area contributed by atoms with Crippen LogP contribution in [0.2, 0.25) is 5.02 Å². The summed E-state index contributed by atoms with van der Waals surface area (Å²) in [5.74, 6) is 0.744. The van der Waals surface area contributed by atoms with Crippen LogP contribution in [-0.4, -0.2) is 23.6 Å². The molecule has 0 radical (unpaired) electrons. The van der Waals surface area contributed by atoms with Gasteiger partial charge in [-0.1, -0.05) is 44.4 Å². The molecule has 4 rings (SSSR count). The van der Waals surface area contributed by atoms with Gasteiger partial charge in [0.2, 0.25) is 5.91 Å². The Balaban J connectivity index is 1.58. The number of hydrogen-bond donors (Lipinski definition) is 1. The number of amides is 2. The summed E-state index contributed by atoms with van der Waals surface area (Å²) in [7, 11) is 0. The summed E-state index contributed by atoms with van der Waals surface area (Å²) >= 11 is 7.65. The Morgan fingerprint density at radius 2 is 2.03 bits per heavy atom. The summed E-state index contributed by atoms with van der Waals surface area (Å²) in [5.41, 5.74) is 1.89. The Labute approximate surface area is 191 Å². The van der Waals surface area contributed by atoms with Crippen LogP contribution in [0.1, 0.15) is 49.0 Å². The lowest BCUT2D eigenvalue weighted by atomic mass is 9.78. The standard InChI is InChI=1S/C24H26ClFN2O2S/c1-14-4-3-5-20(15(14)2)27-24(30)16-7-9-22-21(10-16)28(23(29)13-31-22)12-17-6-8-18(26)11-19(17)25/h6-11,14-15,20H,3-5,12-13H2,1-2H3,(H,27,30)/t14-,15-,20+/m1/s1. The molecular formula is C24H26ClFN2O2S. The van der Waals surface area contributed by atoms with Gasteiger partial charge in [0.15, 0.2) is 0 Å². The average Bonchev–Trinajstić information content (AvgIpc) is 2.74. The molecule has 0 aromatic heterocycles. The van der Waals surface area contributed by atoms with Gasteiger partial charge in [-0.15, -0.1) is 11.8 Å². The first-order chi connectivity index (χ1) is 14.8. The average molecular weight is 461 g/mol. The van der Waals surface area contributed by atoms with Gasteiger partial charge in [-0.2, -0.15) is 0 Å². The molecule has 1 N–H and O–H groups in total. The van der Waals surface area contributed by atoms with Gasteiger partial charge in [0.1, 0.15) is 5.82 Å². The summed E-state index contributed by atoms with van der Waals surface area (Å²) in [6.45, 7) is 4.67. The van der Waals surface area contributed by atoms with Crippen LogP contribution in [0.5, 0.6) is 0 Å². The Morgan fingerprint density at radius 3 is 2.81 bits per heavy atom. The van der Waals surface area contributed by atoms with Gasteiger partial charge in [-0.25, -0.2) is 4.39 Å². The summed E-state index contributed by atoms with van der Waals surface area (Å²) < 4.78 is 13.4. The summed E-state index contributed by atoms with van der Waals surface area (Å²) in [6.07, 6.45) is 3.32. The lowest BCUT2D eigenvalue weighted by Gasteiger charge is -2.34. The van der Waals surface area contributed by atoms with E-state index >= 15 is 0 Å². The topological polar surface area (TPSA) is 49.4 Å². The van der Waals surface area contributed by atoms with Crippen LogP contribution in [-0.2, 0) is 11.3 Å². The maximum absolute atomic E-state index is 13.4. The number of hydrogen-bond acceptors (Lipinski definition) is 3. The third-order valence-electron chi connectivity index (χ3n) is 6.53. The van der Waals surface area contributed by atoms with Gasteiger partial charge in [0.25, 0.3) is 5.91 Å². The van der Waals surface area contributed by atoms with Gasteiger partial charge < -0.3 is 10.2 Å². The van der Waals surface area contributed by atoms with E-state index in [-0.39, 0.29) is 29.4 Å². The van der Waals surface area contributed by atoms with Crippen molar-refractivity contribution in [3.8, 4) is 0 Å². The molecule has 31 heavy (non-hydrogen) atoms. The minimum Gasteiger partial charge on any atom is -0.349 e. The zero-order valence-electron chi connectivity index (χ0n) is 17.7. The fourth-order valence-corrected chi connectivity index (χ4v) is 5.52. The first kappa shape index (κ1) is 22.2. The van der Waals surface area contributed by atoms with Gasteiger partial charge >= 0.3 is 0 Å². The van der Waals surface area contributed by atoms with Crippen molar-refractivity contribution in [1.82, 2.24) is 5.32 Å². The number of anilines is 1. The second-order valence-corrected chi connectivity index (χ2v) is 9.96. The first-order valence-electron chi connectivity index (χ1n) is 10.7. The van der Waals surface area contributed by atoms with E-state index in [9.17, 15) is 14.0 Å². The molecule has 0 spiro atoms. The number of thioether (sulfide) groups is 1.